The van der Waals surface area contributed by atoms with Crippen molar-refractivity contribution in [2.45, 2.75) is 43.1 Å². The summed E-state index contributed by atoms with van der Waals surface area (Å²) in [5, 5.41) is 23.4. The quantitative estimate of drug-likeness (QED) is 0.281. The van der Waals surface area contributed by atoms with E-state index < -0.39 is 11.7 Å². The van der Waals surface area contributed by atoms with Crippen molar-refractivity contribution >= 4 is 46.0 Å². The Hall–Kier alpha value is -1.80. The molecule has 2 aromatic carbocycles. The number of carbonyl (C=O) groups is 2. The lowest BCUT2D eigenvalue weighted by molar-refractivity contribution is -0.137. The summed E-state index contributed by atoms with van der Waals surface area (Å²) in [6.45, 7) is 1.75. The van der Waals surface area contributed by atoms with Crippen molar-refractivity contribution in [3.63, 3.8) is 0 Å². The molecule has 5 nitrogen and oxygen atoms in total. The zero-order valence-corrected chi connectivity index (χ0v) is 20.7. The highest BCUT2D eigenvalue weighted by atomic mass is 32.2. The Labute approximate surface area is 204 Å². The zero-order chi connectivity index (χ0) is 23.8. The van der Waals surface area contributed by atoms with Gasteiger partial charge in [-0.05, 0) is 41.2 Å². The van der Waals surface area contributed by atoms with Crippen LogP contribution in [-0.4, -0.2) is 63.3 Å². The van der Waals surface area contributed by atoms with Crippen molar-refractivity contribution in [1.82, 2.24) is 0 Å². The van der Waals surface area contributed by atoms with E-state index in [1.165, 1.54) is 18.9 Å². The van der Waals surface area contributed by atoms with Crippen molar-refractivity contribution < 1.29 is 24.5 Å². The Morgan fingerprint density at radius 3 is 2.73 bits per heavy atom. The maximum Gasteiger partial charge on any atom is 0.315 e. The van der Waals surface area contributed by atoms with Gasteiger partial charge < -0.3 is 14.9 Å². The molecule has 33 heavy (non-hydrogen) atoms. The maximum absolute atomic E-state index is 12.4. The highest BCUT2D eigenvalue weighted by molar-refractivity contribution is 8.01. The highest BCUT2D eigenvalue weighted by Crippen LogP contribution is 2.35. The van der Waals surface area contributed by atoms with Gasteiger partial charge in [0, 0.05) is 18.8 Å². The lowest BCUT2D eigenvalue weighted by Crippen LogP contribution is -2.27. The van der Waals surface area contributed by atoms with E-state index in [2.05, 4.69) is 29.0 Å². The number of Topliss-reactive ketones (excluding diaryl/α,β-unsaturated/α-hetero) is 1. The number of aliphatic hydroxyl groups is 2. The Morgan fingerprint density at radius 2 is 1.97 bits per heavy atom. The van der Waals surface area contributed by atoms with Gasteiger partial charge in [0.1, 0.15) is 5.78 Å². The van der Waals surface area contributed by atoms with Gasteiger partial charge in [-0.3, -0.25) is 9.59 Å². The van der Waals surface area contributed by atoms with Gasteiger partial charge in [0.15, 0.2) is 0 Å². The van der Waals surface area contributed by atoms with Gasteiger partial charge in [-0.2, -0.15) is 11.8 Å². The van der Waals surface area contributed by atoms with Gasteiger partial charge in [0.25, 0.3) is 0 Å². The first-order chi connectivity index (χ1) is 15.8. The number of carbonyl (C=O) groups excluding carboxylic acids is 2. The lowest BCUT2D eigenvalue weighted by atomic mass is 9.92. The summed E-state index contributed by atoms with van der Waals surface area (Å²) >= 11 is 3.07. The summed E-state index contributed by atoms with van der Waals surface area (Å²) in [5.41, 5.74) is -0.0603. The molecule has 1 aliphatic rings. The molecule has 1 aliphatic carbocycles. The van der Waals surface area contributed by atoms with Crippen molar-refractivity contribution in [2.24, 2.45) is 5.92 Å². The van der Waals surface area contributed by atoms with E-state index in [0.29, 0.717) is 12.2 Å². The van der Waals surface area contributed by atoms with Gasteiger partial charge in [-0.15, -0.1) is 11.8 Å². The van der Waals surface area contributed by atoms with Crippen molar-refractivity contribution in [3.8, 4) is 0 Å². The summed E-state index contributed by atoms with van der Waals surface area (Å²) < 4.78 is 4.62. The van der Waals surface area contributed by atoms with Crippen LogP contribution in [-0.2, 0) is 20.7 Å². The number of ketones is 1. The van der Waals surface area contributed by atoms with E-state index in [1.54, 1.807) is 24.8 Å². The molecular weight excluding hydrogens is 456 g/mol. The molecule has 178 valence electrons. The third-order valence-electron chi connectivity index (χ3n) is 5.75. The van der Waals surface area contributed by atoms with Crippen LogP contribution in [0.1, 0.15) is 25.3 Å². The number of esters is 1. The molecule has 0 saturated heterocycles. The summed E-state index contributed by atoms with van der Waals surface area (Å²) in [5.74, 6) is 1.43. The number of hydrogen-bond donors (Lipinski definition) is 2. The van der Waals surface area contributed by atoms with Crippen LogP contribution in [0.3, 0.4) is 0 Å². The molecule has 0 aliphatic heterocycles. The molecule has 0 radical (unpaired) electrons. The molecule has 0 heterocycles. The molecule has 0 bridgehead atoms. The predicted octanol–water partition coefficient (Wildman–Crippen LogP) is 4.04. The Balaban J connectivity index is 1.55. The van der Waals surface area contributed by atoms with Crippen molar-refractivity contribution in [1.29, 1.82) is 0 Å². The SMILES string of the molecule is COC(=O)CSCCCSC1C(=O)CC(O)C1/C=C/C(C)(O)Cc1ccc2ccccc2c1. The standard InChI is InChI=1S/C26H32O5S2/c1-26(30,16-18-8-9-19-6-3-4-7-20(19)14-18)11-10-21-22(27)15-23(28)25(21)33-13-5-12-32-17-24(29)31-2/h3-4,6-11,14,21-22,25,27,30H,5,12-13,15-17H2,1-2H3/b11-10+. The molecule has 4 atom stereocenters. The number of aliphatic hydroxyl groups excluding tert-OH is 1. The Bertz CT molecular complexity index is 988. The molecule has 2 aromatic rings. The van der Waals surface area contributed by atoms with Crippen LogP contribution in [0.25, 0.3) is 10.8 Å². The molecule has 4 unspecified atom stereocenters. The van der Waals surface area contributed by atoms with Crippen LogP contribution < -0.4 is 0 Å². The average molecular weight is 489 g/mol. The van der Waals surface area contributed by atoms with Crippen LogP contribution in [0.4, 0.5) is 0 Å². The second kappa shape index (κ2) is 12.1. The fourth-order valence-corrected chi connectivity index (χ4v) is 6.33. The monoisotopic (exact) mass is 488 g/mol. The third-order valence-corrected chi connectivity index (χ3v) is 8.23. The largest absolute Gasteiger partial charge is 0.468 e. The van der Waals surface area contributed by atoms with E-state index in [4.69, 9.17) is 0 Å². The molecule has 0 amide bonds. The minimum Gasteiger partial charge on any atom is -0.468 e. The summed E-state index contributed by atoms with van der Waals surface area (Å²) in [7, 11) is 1.38. The van der Waals surface area contributed by atoms with Crippen molar-refractivity contribution in [2.75, 3.05) is 24.4 Å². The summed E-state index contributed by atoms with van der Waals surface area (Å²) in [4.78, 5) is 23.6. The maximum atomic E-state index is 12.4. The predicted molar refractivity (Wildman–Crippen MR) is 137 cm³/mol. The van der Waals surface area contributed by atoms with E-state index in [-0.39, 0.29) is 29.3 Å². The van der Waals surface area contributed by atoms with Crippen LogP contribution in [0, 0.1) is 5.92 Å². The highest BCUT2D eigenvalue weighted by Gasteiger charge is 2.40. The van der Waals surface area contributed by atoms with E-state index in [0.717, 1.165) is 34.3 Å². The molecule has 1 saturated carbocycles. The average Bonchev–Trinajstić information content (AvgIpc) is 3.06. The Morgan fingerprint density at radius 1 is 1.21 bits per heavy atom. The van der Waals surface area contributed by atoms with Crippen LogP contribution in [0.2, 0.25) is 0 Å². The molecule has 7 heteroatoms. The van der Waals surface area contributed by atoms with E-state index in [1.807, 2.05) is 24.3 Å². The Kier molecular flexibility index (Phi) is 9.44. The minimum atomic E-state index is -1.09. The molecule has 3 rings (SSSR count). The smallest absolute Gasteiger partial charge is 0.315 e. The first-order valence-corrected chi connectivity index (χ1v) is 13.4. The van der Waals surface area contributed by atoms with Crippen LogP contribution >= 0.6 is 23.5 Å². The van der Waals surface area contributed by atoms with Crippen molar-refractivity contribution in [3.05, 3.63) is 60.2 Å². The van der Waals surface area contributed by atoms with E-state index >= 15 is 0 Å². The van der Waals surface area contributed by atoms with Gasteiger partial charge in [0.2, 0.25) is 0 Å². The first-order valence-electron chi connectivity index (χ1n) is 11.2. The molecule has 0 aromatic heterocycles. The second-order valence-electron chi connectivity index (χ2n) is 8.66. The lowest BCUT2D eigenvalue weighted by Gasteiger charge is -2.22. The number of hydrogen-bond acceptors (Lipinski definition) is 7. The number of methoxy groups -OCH3 is 1. The molecular formula is C26H32O5S2. The van der Waals surface area contributed by atoms with Crippen LogP contribution in [0.5, 0.6) is 0 Å². The molecule has 1 fully saturated rings. The first kappa shape index (κ1) is 25.8. The fraction of sp³-hybridized carbons (Fsp3) is 0.462. The number of ether oxygens (including phenoxy) is 1. The topological polar surface area (TPSA) is 83.8 Å². The van der Waals surface area contributed by atoms with Gasteiger partial charge in [-0.25, -0.2) is 0 Å². The fourth-order valence-electron chi connectivity index (χ4n) is 4.03. The molecule has 2 N–H and O–H groups in total. The number of rotatable bonds is 11. The number of benzene rings is 2. The molecule has 0 spiro atoms. The number of thioether (sulfide) groups is 2. The van der Waals surface area contributed by atoms with Gasteiger partial charge in [0.05, 0.1) is 29.8 Å². The number of fused-ring (bicyclic) bond motifs is 1. The van der Waals surface area contributed by atoms with Gasteiger partial charge in [-0.1, -0.05) is 54.6 Å². The summed E-state index contributed by atoms with van der Waals surface area (Å²) in [6, 6.07) is 14.3. The van der Waals surface area contributed by atoms with Gasteiger partial charge >= 0.3 is 5.97 Å². The zero-order valence-electron chi connectivity index (χ0n) is 19.1. The summed E-state index contributed by atoms with van der Waals surface area (Å²) in [6.07, 6.45) is 4.28. The second-order valence-corrected chi connectivity index (χ2v) is 11.0. The minimum absolute atomic E-state index is 0.0542. The van der Waals surface area contributed by atoms with Crippen LogP contribution in [0.15, 0.2) is 54.6 Å². The third kappa shape index (κ3) is 7.60. The van der Waals surface area contributed by atoms with E-state index in [9.17, 15) is 19.8 Å². The normalized spacial score (nSPS) is 22.7.